The molecule has 0 amide bonds. The minimum atomic E-state index is -1.78. The molecule has 126 valence electrons. The van der Waals surface area contributed by atoms with Crippen molar-refractivity contribution in [3.63, 3.8) is 0 Å². The first-order chi connectivity index (χ1) is 10.9. The van der Waals surface area contributed by atoms with Crippen molar-refractivity contribution in [3.8, 4) is 0 Å². The highest BCUT2D eigenvalue weighted by Crippen LogP contribution is 2.54. The lowest BCUT2D eigenvalue weighted by molar-refractivity contribution is 0.255. The summed E-state index contributed by atoms with van der Waals surface area (Å²) >= 11 is 0. The van der Waals surface area contributed by atoms with Gasteiger partial charge < -0.3 is 4.74 Å². The number of halogens is 1. The molecule has 0 N–H and O–H groups in total. The fraction of sp³-hybridized carbons (Fsp3) is 0.100. The van der Waals surface area contributed by atoms with Crippen LogP contribution in [0.1, 0.15) is 0 Å². The third kappa shape index (κ3) is 4.13. The van der Waals surface area contributed by atoms with Gasteiger partial charge in [0, 0.05) is 7.11 Å². The topological polar surface area (TPSA) is 9.23 Å². The molecule has 24 heavy (non-hydrogen) atoms. The third-order valence-electron chi connectivity index (χ3n) is 3.91. The van der Waals surface area contributed by atoms with Crippen LogP contribution < -0.4 is 15.9 Å². The zero-order chi connectivity index (χ0) is 15.3. The van der Waals surface area contributed by atoms with E-state index in [9.17, 15) is 0 Å². The average molecular weight is 422 g/mol. The highest BCUT2D eigenvalue weighted by molar-refractivity contribution is 8.93. The molecule has 3 aromatic rings. The second kappa shape index (κ2) is 10.1. The maximum Gasteiger partial charge on any atom is 0.170 e. The summed E-state index contributed by atoms with van der Waals surface area (Å²) in [7, 11) is 0.0197. The van der Waals surface area contributed by atoms with Gasteiger partial charge in [0.1, 0.15) is 23.2 Å². The molecule has 1 unspecified atom stereocenters. The quantitative estimate of drug-likeness (QED) is 0.560. The number of ether oxygens (including phenoxy) is 1. The number of methoxy groups -OCH3 is 1. The van der Waals surface area contributed by atoms with E-state index in [2.05, 4.69) is 91.0 Å². The van der Waals surface area contributed by atoms with E-state index in [1.54, 1.807) is 7.11 Å². The lowest BCUT2D eigenvalue weighted by Gasteiger charge is -2.26. The van der Waals surface area contributed by atoms with Crippen LogP contribution in [0.4, 0.5) is 0 Å². The summed E-state index contributed by atoms with van der Waals surface area (Å²) in [5.74, 6) is 0. The second-order valence-corrected chi connectivity index (χ2v) is 8.66. The standard InChI is InChI=1S/C20H20OP.BrH.H3P/c1-21-17-22(18-11-5-2-6-12-18,19-13-7-3-8-14-19)20-15-9-4-10-16-20;;/h2-16H,17H2,1H3;1H;1H3/q+1;;. The van der Waals surface area contributed by atoms with Crippen LogP contribution in [0.15, 0.2) is 91.0 Å². The summed E-state index contributed by atoms with van der Waals surface area (Å²) in [5.41, 5.74) is 0. The zero-order valence-corrected chi connectivity index (χ0v) is 17.9. The van der Waals surface area contributed by atoms with Gasteiger partial charge in [-0.1, -0.05) is 54.6 Å². The molecule has 1 nitrogen and oxygen atoms in total. The van der Waals surface area contributed by atoms with Crippen LogP contribution >= 0.6 is 34.1 Å². The van der Waals surface area contributed by atoms with Gasteiger partial charge in [-0.25, -0.2) is 0 Å². The minimum Gasteiger partial charge on any atom is -0.348 e. The van der Waals surface area contributed by atoms with Crippen molar-refractivity contribution in [1.82, 2.24) is 0 Å². The van der Waals surface area contributed by atoms with Crippen molar-refractivity contribution < 1.29 is 4.74 Å². The van der Waals surface area contributed by atoms with E-state index in [0.717, 1.165) is 0 Å². The first-order valence-corrected chi connectivity index (χ1v) is 9.39. The zero-order valence-electron chi connectivity index (χ0n) is 13.8. The summed E-state index contributed by atoms with van der Waals surface area (Å²) in [6, 6.07) is 32.3. The molecule has 0 aliphatic heterocycles. The minimum absolute atomic E-state index is 0. The Bertz CT molecular complexity index is 609. The van der Waals surface area contributed by atoms with Crippen molar-refractivity contribution in [1.29, 1.82) is 0 Å². The van der Waals surface area contributed by atoms with E-state index < -0.39 is 7.26 Å². The lowest BCUT2D eigenvalue weighted by Crippen LogP contribution is -2.33. The smallest absolute Gasteiger partial charge is 0.170 e. The SMILES string of the molecule is Br.COC[P+](c1ccccc1)(c1ccccc1)c1ccccc1.P. The molecule has 0 heterocycles. The van der Waals surface area contributed by atoms with E-state index >= 15 is 0 Å². The lowest BCUT2D eigenvalue weighted by atomic mass is 10.4. The molecule has 0 spiro atoms. The maximum absolute atomic E-state index is 5.72. The third-order valence-corrected chi connectivity index (χ3v) is 8.10. The molecule has 4 heteroatoms. The van der Waals surface area contributed by atoms with Gasteiger partial charge in [-0.2, -0.15) is 9.90 Å². The molecule has 1 atom stereocenters. The van der Waals surface area contributed by atoms with Gasteiger partial charge >= 0.3 is 0 Å². The summed E-state index contributed by atoms with van der Waals surface area (Å²) in [4.78, 5) is 0. The van der Waals surface area contributed by atoms with Crippen LogP contribution in [0, 0.1) is 0 Å². The molecule has 0 aliphatic rings. The Hall–Kier alpha value is -1.04. The average Bonchev–Trinajstić information content (AvgIpc) is 2.62. The van der Waals surface area contributed by atoms with Gasteiger partial charge in [-0.15, -0.1) is 17.0 Å². The molecule has 0 aliphatic carbocycles. The molecular weight excluding hydrogens is 398 g/mol. The Kier molecular flexibility index (Phi) is 8.81. The largest absolute Gasteiger partial charge is 0.348 e. The first kappa shape index (κ1) is 21.0. The van der Waals surface area contributed by atoms with Crippen LogP contribution in [0.2, 0.25) is 0 Å². The van der Waals surface area contributed by atoms with Crippen LogP contribution in [0.5, 0.6) is 0 Å². The molecule has 3 aromatic carbocycles. The number of hydrogen-bond donors (Lipinski definition) is 0. The second-order valence-electron chi connectivity index (χ2n) is 5.23. The van der Waals surface area contributed by atoms with E-state index in [0.29, 0.717) is 6.35 Å². The van der Waals surface area contributed by atoms with Crippen molar-refractivity contribution in [2.75, 3.05) is 13.5 Å². The molecule has 0 fully saturated rings. The van der Waals surface area contributed by atoms with Gasteiger partial charge in [-0.3, -0.25) is 0 Å². The summed E-state index contributed by atoms with van der Waals surface area (Å²) in [6.07, 6.45) is 0.713. The van der Waals surface area contributed by atoms with Gasteiger partial charge in [0.05, 0.1) is 0 Å². The van der Waals surface area contributed by atoms with Crippen LogP contribution in [-0.4, -0.2) is 13.5 Å². The highest BCUT2D eigenvalue weighted by atomic mass is 79.9. The van der Waals surface area contributed by atoms with Gasteiger partial charge in [0.15, 0.2) is 6.35 Å². The molecule has 0 bridgehead atoms. The van der Waals surface area contributed by atoms with Crippen molar-refractivity contribution in [2.45, 2.75) is 0 Å². The van der Waals surface area contributed by atoms with Crippen molar-refractivity contribution in [2.24, 2.45) is 0 Å². The molecule has 0 saturated carbocycles. The Morgan fingerprint density at radius 2 is 0.917 bits per heavy atom. The summed E-state index contributed by atoms with van der Waals surface area (Å²) < 4.78 is 5.72. The predicted molar refractivity (Wildman–Crippen MR) is 118 cm³/mol. The Balaban J connectivity index is 0.00000144. The van der Waals surface area contributed by atoms with Gasteiger partial charge in [-0.05, 0) is 36.4 Å². The number of benzene rings is 3. The monoisotopic (exact) mass is 421 g/mol. The Labute approximate surface area is 159 Å². The normalized spacial score (nSPS) is 10.4. The molecule has 0 aromatic heterocycles. The van der Waals surface area contributed by atoms with Gasteiger partial charge in [0.2, 0.25) is 0 Å². The molecule has 3 rings (SSSR count). The molecule has 0 radical (unpaired) electrons. The highest BCUT2D eigenvalue weighted by Gasteiger charge is 2.45. The fourth-order valence-electron chi connectivity index (χ4n) is 2.91. The van der Waals surface area contributed by atoms with E-state index in [4.69, 9.17) is 4.74 Å². The first-order valence-electron chi connectivity index (χ1n) is 7.42. The summed E-state index contributed by atoms with van der Waals surface area (Å²) in [5, 5.41) is 4.07. The molecular formula is C20H24BrOP2+. The van der Waals surface area contributed by atoms with E-state index in [1.165, 1.54) is 15.9 Å². The van der Waals surface area contributed by atoms with E-state index in [-0.39, 0.29) is 26.9 Å². The number of hydrogen-bond acceptors (Lipinski definition) is 1. The van der Waals surface area contributed by atoms with Crippen LogP contribution in [0.25, 0.3) is 0 Å². The summed E-state index contributed by atoms with van der Waals surface area (Å²) in [6.45, 7) is 0. The predicted octanol–water partition coefficient (Wildman–Crippen LogP) is 4.22. The van der Waals surface area contributed by atoms with Crippen LogP contribution in [0.3, 0.4) is 0 Å². The van der Waals surface area contributed by atoms with Gasteiger partial charge in [0.25, 0.3) is 0 Å². The van der Waals surface area contributed by atoms with Crippen molar-refractivity contribution in [3.05, 3.63) is 91.0 Å². The Morgan fingerprint density at radius 3 is 1.17 bits per heavy atom. The van der Waals surface area contributed by atoms with Crippen molar-refractivity contribution >= 4 is 50.1 Å². The maximum atomic E-state index is 5.72. The van der Waals surface area contributed by atoms with E-state index in [1.807, 2.05) is 0 Å². The van der Waals surface area contributed by atoms with Crippen LogP contribution in [-0.2, 0) is 4.74 Å². The Morgan fingerprint density at radius 1 is 0.625 bits per heavy atom. The number of rotatable bonds is 5. The molecule has 0 saturated heterocycles. The fourth-order valence-corrected chi connectivity index (χ4v) is 6.68.